The van der Waals surface area contributed by atoms with E-state index >= 15 is 0 Å². The molecule has 2 aromatic heterocycles. The van der Waals surface area contributed by atoms with E-state index in [1.165, 1.54) is 31.4 Å². The first-order valence-electron chi connectivity index (χ1n) is 9.43. The fourth-order valence-corrected chi connectivity index (χ4v) is 4.66. The number of hydrogen-bond donors (Lipinski definition) is 1. The smallest absolute Gasteiger partial charge is 0.170 e. The van der Waals surface area contributed by atoms with Gasteiger partial charge in [0.15, 0.2) is 5.11 Å². The first-order valence-corrected chi connectivity index (χ1v) is 9.84. The Morgan fingerprint density at radius 3 is 2.81 bits per heavy atom. The SMILES string of the molecule is COCCN1C(=S)N[C@H](c2ccccn2)[C@H]1c1cccn1C1CCCC1. The molecule has 0 amide bonds. The maximum absolute atomic E-state index is 5.68. The van der Waals surface area contributed by atoms with E-state index in [1.54, 1.807) is 7.11 Å². The van der Waals surface area contributed by atoms with Gasteiger partial charge in [-0.1, -0.05) is 18.9 Å². The van der Waals surface area contributed by atoms with Crippen LogP contribution in [0.4, 0.5) is 0 Å². The van der Waals surface area contributed by atoms with E-state index in [1.807, 2.05) is 18.3 Å². The lowest BCUT2D eigenvalue weighted by Crippen LogP contribution is -2.33. The quantitative estimate of drug-likeness (QED) is 0.787. The Morgan fingerprint density at radius 2 is 2.08 bits per heavy atom. The molecule has 0 aromatic carbocycles. The Balaban J connectivity index is 1.72. The van der Waals surface area contributed by atoms with Crippen LogP contribution in [0.5, 0.6) is 0 Å². The van der Waals surface area contributed by atoms with Gasteiger partial charge in [-0.25, -0.2) is 0 Å². The lowest BCUT2D eigenvalue weighted by atomic mass is 10.0. The summed E-state index contributed by atoms with van der Waals surface area (Å²) in [5.74, 6) is 0. The summed E-state index contributed by atoms with van der Waals surface area (Å²) in [6.07, 6.45) is 9.25. The van der Waals surface area contributed by atoms with E-state index in [2.05, 4.69) is 44.2 Å². The average Bonchev–Trinajstić information content (AvgIpc) is 3.40. The second-order valence-corrected chi connectivity index (χ2v) is 7.48. The number of rotatable bonds is 6. The largest absolute Gasteiger partial charge is 0.383 e. The number of nitrogens with zero attached hydrogens (tertiary/aromatic N) is 3. The number of thiocarbonyl (C=S) groups is 1. The van der Waals surface area contributed by atoms with Crippen molar-refractivity contribution in [2.24, 2.45) is 0 Å². The predicted molar refractivity (Wildman–Crippen MR) is 106 cm³/mol. The predicted octanol–water partition coefficient (Wildman–Crippen LogP) is 3.62. The minimum Gasteiger partial charge on any atom is -0.383 e. The van der Waals surface area contributed by atoms with Crippen LogP contribution in [-0.4, -0.2) is 39.8 Å². The normalized spacial score (nSPS) is 23.6. The van der Waals surface area contributed by atoms with Gasteiger partial charge in [-0.3, -0.25) is 4.98 Å². The second kappa shape index (κ2) is 7.76. The molecule has 5 nitrogen and oxygen atoms in total. The molecule has 1 aliphatic heterocycles. The van der Waals surface area contributed by atoms with Crippen molar-refractivity contribution in [2.75, 3.05) is 20.3 Å². The fraction of sp³-hybridized carbons (Fsp3) is 0.500. The van der Waals surface area contributed by atoms with Crippen molar-refractivity contribution in [2.45, 2.75) is 43.8 Å². The van der Waals surface area contributed by atoms with Crippen LogP contribution in [0.2, 0.25) is 0 Å². The van der Waals surface area contributed by atoms with E-state index in [0.29, 0.717) is 12.6 Å². The van der Waals surface area contributed by atoms with E-state index < -0.39 is 0 Å². The summed E-state index contributed by atoms with van der Waals surface area (Å²) in [6, 6.07) is 11.3. The topological polar surface area (TPSA) is 42.3 Å². The van der Waals surface area contributed by atoms with Gasteiger partial charge < -0.3 is 19.5 Å². The molecular formula is C20H26N4OS. The summed E-state index contributed by atoms with van der Waals surface area (Å²) in [7, 11) is 1.74. The van der Waals surface area contributed by atoms with Crippen LogP contribution in [0, 0.1) is 0 Å². The molecule has 2 fully saturated rings. The van der Waals surface area contributed by atoms with Crippen LogP contribution in [0.1, 0.15) is 55.2 Å². The van der Waals surface area contributed by atoms with Crippen LogP contribution in [-0.2, 0) is 4.74 Å². The molecule has 3 heterocycles. The molecular weight excluding hydrogens is 344 g/mol. The lowest BCUT2D eigenvalue weighted by molar-refractivity contribution is 0.161. The maximum atomic E-state index is 5.68. The van der Waals surface area contributed by atoms with Crippen molar-refractivity contribution >= 4 is 17.3 Å². The zero-order valence-electron chi connectivity index (χ0n) is 15.2. The van der Waals surface area contributed by atoms with Crippen LogP contribution in [0.3, 0.4) is 0 Å². The summed E-state index contributed by atoms with van der Waals surface area (Å²) in [4.78, 5) is 6.87. The van der Waals surface area contributed by atoms with Gasteiger partial charge in [0, 0.05) is 37.8 Å². The van der Waals surface area contributed by atoms with E-state index in [-0.39, 0.29) is 12.1 Å². The minimum absolute atomic E-state index is 0.0515. The summed E-state index contributed by atoms with van der Waals surface area (Å²) in [5, 5.41) is 4.29. The number of hydrogen-bond acceptors (Lipinski definition) is 3. The van der Waals surface area contributed by atoms with E-state index in [0.717, 1.165) is 17.4 Å². The zero-order valence-corrected chi connectivity index (χ0v) is 16.0. The van der Waals surface area contributed by atoms with Crippen LogP contribution in [0.15, 0.2) is 42.7 Å². The van der Waals surface area contributed by atoms with Gasteiger partial charge in [0.25, 0.3) is 0 Å². The maximum Gasteiger partial charge on any atom is 0.170 e. The second-order valence-electron chi connectivity index (χ2n) is 7.09. The third-order valence-electron chi connectivity index (χ3n) is 5.57. The highest BCUT2D eigenvalue weighted by atomic mass is 32.1. The lowest BCUT2D eigenvalue weighted by Gasteiger charge is -2.30. The average molecular weight is 371 g/mol. The third-order valence-corrected chi connectivity index (χ3v) is 5.92. The summed E-state index contributed by atoms with van der Waals surface area (Å²) in [6.45, 7) is 1.42. The zero-order chi connectivity index (χ0) is 17.9. The van der Waals surface area contributed by atoms with Gasteiger partial charge in [-0.05, 0) is 49.3 Å². The molecule has 26 heavy (non-hydrogen) atoms. The number of pyridine rings is 1. The molecule has 0 unspecified atom stereocenters. The molecule has 1 saturated carbocycles. The van der Waals surface area contributed by atoms with Crippen molar-refractivity contribution in [3.05, 3.63) is 54.1 Å². The van der Waals surface area contributed by atoms with E-state index in [4.69, 9.17) is 17.0 Å². The van der Waals surface area contributed by atoms with Crippen molar-refractivity contribution in [3.63, 3.8) is 0 Å². The van der Waals surface area contributed by atoms with Gasteiger partial charge in [0.2, 0.25) is 0 Å². The summed E-state index contributed by atoms with van der Waals surface area (Å²) >= 11 is 5.68. The molecule has 0 spiro atoms. The Bertz CT molecular complexity index is 741. The van der Waals surface area contributed by atoms with E-state index in [9.17, 15) is 0 Å². The summed E-state index contributed by atoms with van der Waals surface area (Å²) in [5.41, 5.74) is 2.34. The molecule has 138 valence electrons. The van der Waals surface area contributed by atoms with Crippen LogP contribution >= 0.6 is 12.2 Å². The number of ether oxygens (including phenoxy) is 1. The Kier molecular flexibility index (Phi) is 5.22. The molecule has 2 aromatic rings. The van der Waals surface area contributed by atoms with Crippen LogP contribution < -0.4 is 5.32 Å². The molecule has 4 rings (SSSR count). The van der Waals surface area contributed by atoms with Crippen molar-refractivity contribution in [1.29, 1.82) is 0 Å². The Hall–Kier alpha value is -1.92. The van der Waals surface area contributed by atoms with Gasteiger partial charge in [-0.15, -0.1) is 0 Å². The number of aromatic nitrogens is 2. The van der Waals surface area contributed by atoms with Gasteiger partial charge in [0.05, 0.1) is 24.4 Å². The molecule has 1 aliphatic carbocycles. The summed E-state index contributed by atoms with van der Waals surface area (Å²) < 4.78 is 7.81. The highest BCUT2D eigenvalue weighted by molar-refractivity contribution is 7.80. The molecule has 2 aliphatic rings. The number of nitrogens with one attached hydrogen (secondary N) is 1. The van der Waals surface area contributed by atoms with Gasteiger partial charge in [-0.2, -0.15) is 0 Å². The van der Waals surface area contributed by atoms with Crippen molar-refractivity contribution < 1.29 is 4.74 Å². The fourth-order valence-electron chi connectivity index (χ4n) is 4.33. The van der Waals surface area contributed by atoms with Crippen molar-refractivity contribution in [1.82, 2.24) is 19.8 Å². The minimum atomic E-state index is 0.0515. The van der Waals surface area contributed by atoms with Gasteiger partial charge >= 0.3 is 0 Å². The highest BCUT2D eigenvalue weighted by Crippen LogP contribution is 2.41. The standard InChI is InChI=1S/C20H26N4OS/c1-25-14-13-24-19(17-10-6-12-23(17)15-7-2-3-8-15)18(22-20(24)26)16-9-4-5-11-21-16/h4-6,9-12,15,18-19H,2-3,7-8,13-14H2,1H3,(H,22,26)/t18-,19-/m1/s1. The van der Waals surface area contributed by atoms with Crippen molar-refractivity contribution in [3.8, 4) is 0 Å². The molecule has 1 saturated heterocycles. The Morgan fingerprint density at radius 1 is 1.23 bits per heavy atom. The molecule has 0 radical (unpaired) electrons. The van der Waals surface area contributed by atoms with Crippen LogP contribution in [0.25, 0.3) is 0 Å². The molecule has 2 atom stereocenters. The monoisotopic (exact) mass is 370 g/mol. The molecule has 6 heteroatoms. The third kappa shape index (κ3) is 3.23. The highest BCUT2D eigenvalue weighted by Gasteiger charge is 2.41. The first kappa shape index (κ1) is 17.5. The molecule has 1 N–H and O–H groups in total. The van der Waals surface area contributed by atoms with Gasteiger partial charge in [0.1, 0.15) is 0 Å². The molecule has 0 bridgehead atoms. The first-order chi connectivity index (χ1) is 12.8. The Labute approximate surface area is 160 Å². The number of methoxy groups -OCH3 is 1.